The second-order valence-electron chi connectivity index (χ2n) is 4.47. The van der Waals surface area contributed by atoms with Crippen LogP contribution in [0.2, 0.25) is 5.02 Å². The lowest BCUT2D eigenvalue weighted by Gasteiger charge is -2.33. The van der Waals surface area contributed by atoms with Gasteiger partial charge in [-0.3, -0.25) is 14.9 Å². The average molecular weight is 284 g/mol. The number of carbonyl (C=O) groups is 1. The Balaban J connectivity index is 2.37. The summed E-state index contributed by atoms with van der Waals surface area (Å²) in [6, 6.07) is 4.04. The van der Waals surface area contributed by atoms with Crippen molar-refractivity contribution in [1.29, 1.82) is 0 Å². The van der Waals surface area contributed by atoms with Crippen LogP contribution in [0.5, 0.6) is 0 Å². The summed E-state index contributed by atoms with van der Waals surface area (Å²) in [5.74, 6) is -0.344. The molecule has 0 aromatic heterocycles. The first kappa shape index (κ1) is 13.8. The van der Waals surface area contributed by atoms with Crippen molar-refractivity contribution in [2.24, 2.45) is 0 Å². The summed E-state index contributed by atoms with van der Waals surface area (Å²) in [5.41, 5.74) is -0.161. The summed E-state index contributed by atoms with van der Waals surface area (Å²) >= 11 is 5.84. The summed E-state index contributed by atoms with van der Waals surface area (Å²) in [6.07, 6.45) is 0. The molecule has 7 heteroatoms. The molecular weight excluding hydrogens is 270 g/mol. The zero-order valence-corrected chi connectivity index (χ0v) is 11.2. The lowest BCUT2D eigenvalue weighted by molar-refractivity contribution is -0.385. The predicted octanol–water partition coefficient (Wildman–Crippen LogP) is 1.68. The van der Waals surface area contributed by atoms with Crippen LogP contribution in [0.25, 0.3) is 0 Å². The molecule has 19 heavy (non-hydrogen) atoms. The molecule has 0 bridgehead atoms. The molecule has 1 aliphatic heterocycles. The molecule has 1 fully saturated rings. The minimum absolute atomic E-state index is 0.000152. The molecule has 1 atom stereocenters. The van der Waals surface area contributed by atoms with E-state index >= 15 is 0 Å². The third kappa shape index (κ3) is 2.85. The number of nitro groups is 1. The van der Waals surface area contributed by atoms with Gasteiger partial charge in [0.1, 0.15) is 5.56 Å². The smallest absolute Gasteiger partial charge is 0.282 e. The van der Waals surface area contributed by atoms with Crippen LogP contribution in [0.1, 0.15) is 17.3 Å². The van der Waals surface area contributed by atoms with E-state index in [0.29, 0.717) is 24.7 Å². The number of halogens is 1. The third-order valence-electron chi connectivity index (χ3n) is 3.15. The highest BCUT2D eigenvalue weighted by Crippen LogP contribution is 2.25. The second kappa shape index (κ2) is 5.54. The standard InChI is InChI=1S/C12H14ClN3O3/c1-8-7-14-4-5-15(8)12(17)10-6-9(13)2-3-11(10)16(18)19/h2-3,6,8,14H,4-5,7H2,1H3/t8-/m1/s1. The van der Waals surface area contributed by atoms with Crippen molar-refractivity contribution in [2.45, 2.75) is 13.0 Å². The molecule has 1 aromatic carbocycles. The normalized spacial score (nSPS) is 19.3. The van der Waals surface area contributed by atoms with E-state index in [1.165, 1.54) is 18.2 Å². The van der Waals surface area contributed by atoms with E-state index in [1.54, 1.807) is 4.90 Å². The fourth-order valence-corrected chi connectivity index (χ4v) is 2.31. The molecule has 0 saturated carbocycles. The average Bonchev–Trinajstić information content (AvgIpc) is 2.38. The van der Waals surface area contributed by atoms with Crippen LogP contribution in [-0.4, -0.2) is 41.4 Å². The molecule has 1 heterocycles. The van der Waals surface area contributed by atoms with Crippen molar-refractivity contribution in [3.63, 3.8) is 0 Å². The number of nitrogens with zero attached hydrogens (tertiary/aromatic N) is 2. The van der Waals surface area contributed by atoms with Gasteiger partial charge in [-0.1, -0.05) is 11.6 Å². The lowest BCUT2D eigenvalue weighted by atomic mass is 10.1. The van der Waals surface area contributed by atoms with Gasteiger partial charge in [-0.2, -0.15) is 0 Å². The number of piperazine rings is 1. The van der Waals surface area contributed by atoms with Crippen LogP contribution in [0, 0.1) is 10.1 Å². The van der Waals surface area contributed by atoms with Crippen molar-refractivity contribution < 1.29 is 9.72 Å². The Morgan fingerprint density at radius 2 is 2.32 bits per heavy atom. The van der Waals surface area contributed by atoms with Gasteiger partial charge in [0.2, 0.25) is 0 Å². The molecule has 1 N–H and O–H groups in total. The number of carbonyl (C=O) groups excluding carboxylic acids is 1. The summed E-state index contributed by atoms with van der Waals surface area (Å²) in [6.45, 7) is 3.80. The molecule has 0 spiro atoms. The molecule has 1 aromatic rings. The SMILES string of the molecule is C[C@@H]1CNCCN1C(=O)c1cc(Cl)ccc1[N+](=O)[O-]. The van der Waals surface area contributed by atoms with Gasteiger partial charge < -0.3 is 10.2 Å². The Morgan fingerprint density at radius 1 is 1.58 bits per heavy atom. The van der Waals surface area contributed by atoms with Gasteiger partial charge in [-0.05, 0) is 19.1 Å². The minimum atomic E-state index is -0.559. The highest BCUT2D eigenvalue weighted by Gasteiger charge is 2.29. The van der Waals surface area contributed by atoms with Crippen LogP contribution in [0.4, 0.5) is 5.69 Å². The largest absolute Gasteiger partial charge is 0.333 e. The fraction of sp³-hybridized carbons (Fsp3) is 0.417. The monoisotopic (exact) mass is 283 g/mol. The van der Waals surface area contributed by atoms with Crippen LogP contribution in [0.3, 0.4) is 0 Å². The first-order chi connectivity index (χ1) is 9.00. The topological polar surface area (TPSA) is 75.5 Å². The Kier molecular flexibility index (Phi) is 4.01. The molecule has 102 valence electrons. The van der Waals surface area contributed by atoms with Crippen molar-refractivity contribution in [3.05, 3.63) is 38.9 Å². The maximum absolute atomic E-state index is 12.4. The highest BCUT2D eigenvalue weighted by atomic mass is 35.5. The van der Waals surface area contributed by atoms with Crippen molar-refractivity contribution >= 4 is 23.2 Å². The third-order valence-corrected chi connectivity index (χ3v) is 3.38. The van der Waals surface area contributed by atoms with Gasteiger partial charge >= 0.3 is 0 Å². The molecule has 0 radical (unpaired) electrons. The molecule has 1 saturated heterocycles. The Labute approximate surface area is 115 Å². The summed E-state index contributed by atoms with van der Waals surface area (Å²) in [7, 11) is 0. The maximum Gasteiger partial charge on any atom is 0.282 e. The van der Waals surface area contributed by atoms with Gasteiger partial charge in [-0.25, -0.2) is 0 Å². The van der Waals surface area contributed by atoms with Gasteiger partial charge in [0.25, 0.3) is 11.6 Å². The van der Waals surface area contributed by atoms with Crippen LogP contribution in [-0.2, 0) is 0 Å². The van der Waals surface area contributed by atoms with Crippen LogP contribution >= 0.6 is 11.6 Å². The van der Waals surface area contributed by atoms with E-state index in [-0.39, 0.29) is 23.2 Å². The maximum atomic E-state index is 12.4. The number of benzene rings is 1. The van der Waals surface area contributed by atoms with E-state index in [1.807, 2.05) is 6.92 Å². The highest BCUT2D eigenvalue weighted by molar-refractivity contribution is 6.31. The molecule has 0 aliphatic carbocycles. The first-order valence-electron chi connectivity index (χ1n) is 5.96. The molecule has 2 rings (SSSR count). The van der Waals surface area contributed by atoms with E-state index < -0.39 is 4.92 Å². The Hall–Kier alpha value is -1.66. The quantitative estimate of drug-likeness (QED) is 0.662. The van der Waals surface area contributed by atoms with Gasteiger partial charge in [-0.15, -0.1) is 0 Å². The zero-order valence-electron chi connectivity index (χ0n) is 10.4. The van der Waals surface area contributed by atoms with Crippen LogP contribution in [0.15, 0.2) is 18.2 Å². The molecule has 1 amide bonds. The number of nitrogens with one attached hydrogen (secondary N) is 1. The number of amides is 1. The minimum Gasteiger partial charge on any atom is -0.333 e. The van der Waals surface area contributed by atoms with E-state index in [9.17, 15) is 14.9 Å². The Bertz CT molecular complexity index is 521. The second-order valence-corrected chi connectivity index (χ2v) is 4.91. The van der Waals surface area contributed by atoms with Gasteiger partial charge in [0.15, 0.2) is 0 Å². The molecule has 6 nitrogen and oxygen atoms in total. The van der Waals surface area contributed by atoms with Crippen LogP contribution < -0.4 is 5.32 Å². The molecular formula is C12H14ClN3O3. The molecule has 1 aliphatic rings. The molecule has 0 unspecified atom stereocenters. The summed E-state index contributed by atoms with van der Waals surface area (Å²) < 4.78 is 0. The van der Waals surface area contributed by atoms with Crippen molar-refractivity contribution in [3.8, 4) is 0 Å². The number of hydrogen-bond acceptors (Lipinski definition) is 4. The van der Waals surface area contributed by atoms with Gasteiger partial charge in [0, 0.05) is 36.8 Å². The van der Waals surface area contributed by atoms with Gasteiger partial charge in [0.05, 0.1) is 4.92 Å². The van der Waals surface area contributed by atoms with E-state index in [0.717, 1.165) is 0 Å². The summed E-state index contributed by atoms with van der Waals surface area (Å²) in [5, 5.41) is 14.5. The summed E-state index contributed by atoms with van der Waals surface area (Å²) in [4.78, 5) is 24.5. The number of nitro benzene ring substituents is 1. The zero-order chi connectivity index (χ0) is 14.0. The fourth-order valence-electron chi connectivity index (χ4n) is 2.14. The van der Waals surface area contributed by atoms with E-state index in [2.05, 4.69) is 5.32 Å². The Morgan fingerprint density at radius 3 is 2.95 bits per heavy atom. The van der Waals surface area contributed by atoms with Crippen molar-refractivity contribution in [1.82, 2.24) is 10.2 Å². The van der Waals surface area contributed by atoms with E-state index in [4.69, 9.17) is 11.6 Å². The first-order valence-corrected chi connectivity index (χ1v) is 6.34. The number of hydrogen-bond donors (Lipinski definition) is 1. The van der Waals surface area contributed by atoms with Crippen molar-refractivity contribution in [2.75, 3.05) is 19.6 Å². The lowest BCUT2D eigenvalue weighted by Crippen LogP contribution is -2.52. The number of rotatable bonds is 2. The predicted molar refractivity (Wildman–Crippen MR) is 71.5 cm³/mol.